The van der Waals surface area contributed by atoms with Gasteiger partial charge < -0.3 is 4.74 Å². The lowest BCUT2D eigenvalue weighted by molar-refractivity contribution is 0.305. The first-order valence-corrected chi connectivity index (χ1v) is 6.65. The summed E-state index contributed by atoms with van der Waals surface area (Å²) in [5, 5.41) is 9.90. The van der Waals surface area contributed by atoms with Crippen molar-refractivity contribution in [2.24, 2.45) is 0 Å². The van der Waals surface area contributed by atoms with Gasteiger partial charge in [0.1, 0.15) is 23.4 Å². The molecule has 3 aromatic rings. The van der Waals surface area contributed by atoms with E-state index in [-0.39, 0.29) is 0 Å². The molecule has 2 aromatic carbocycles. The minimum absolute atomic E-state index is 0.387. The van der Waals surface area contributed by atoms with Crippen LogP contribution >= 0.6 is 11.3 Å². The third kappa shape index (κ3) is 2.42. The zero-order chi connectivity index (χ0) is 13.1. The SMILES string of the molecule is N#Cc1ccccc1OCc1nc2ccccc2s1. The average molecular weight is 266 g/mol. The summed E-state index contributed by atoms with van der Waals surface area (Å²) in [4.78, 5) is 4.49. The van der Waals surface area contributed by atoms with Gasteiger partial charge in [-0.15, -0.1) is 11.3 Å². The number of aromatic nitrogens is 1. The Morgan fingerprint density at radius 3 is 2.74 bits per heavy atom. The van der Waals surface area contributed by atoms with Gasteiger partial charge in [-0.3, -0.25) is 0 Å². The van der Waals surface area contributed by atoms with Crippen LogP contribution < -0.4 is 4.74 Å². The minimum atomic E-state index is 0.387. The summed E-state index contributed by atoms with van der Waals surface area (Å²) in [6.07, 6.45) is 0. The van der Waals surface area contributed by atoms with Gasteiger partial charge in [0, 0.05) is 0 Å². The molecule has 3 nitrogen and oxygen atoms in total. The summed E-state index contributed by atoms with van der Waals surface area (Å²) in [6, 6.07) is 17.3. The second-order valence-corrected chi connectivity index (χ2v) is 5.09. The quantitative estimate of drug-likeness (QED) is 0.725. The molecule has 0 amide bonds. The van der Waals surface area contributed by atoms with E-state index in [1.165, 1.54) is 0 Å². The van der Waals surface area contributed by atoms with Crippen LogP contribution in [0.3, 0.4) is 0 Å². The Morgan fingerprint density at radius 2 is 1.89 bits per heavy atom. The van der Waals surface area contributed by atoms with Crippen molar-refractivity contribution >= 4 is 21.6 Å². The summed E-state index contributed by atoms with van der Waals surface area (Å²) >= 11 is 1.61. The van der Waals surface area contributed by atoms with E-state index in [0.717, 1.165) is 15.2 Å². The lowest BCUT2D eigenvalue weighted by Crippen LogP contribution is -1.96. The molecule has 0 aliphatic heterocycles. The molecule has 0 radical (unpaired) electrons. The van der Waals surface area contributed by atoms with Crippen molar-refractivity contribution in [3.05, 3.63) is 59.1 Å². The Morgan fingerprint density at radius 1 is 1.11 bits per heavy atom. The standard InChI is InChI=1S/C15H10N2OS/c16-9-11-5-1-3-7-13(11)18-10-15-17-12-6-2-4-8-14(12)19-15/h1-8H,10H2. The molecule has 0 fully saturated rings. The average Bonchev–Trinajstić information content (AvgIpc) is 2.88. The number of para-hydroxylation sites is 2. The second-order valence-electron chi connectivity index (χ2n) is 3.97. The lowest BCUT2D eigenvalue weighted by Gasteiger charge is -2.04. The van der Waals surface area contributed by atoms with Crippen molar-refractivity contribution in [3.63, 3.8) is 0 Å². The monoisotopic (exact) mass is 266 g/mol. The van der Waals surface area contributed by atoms with E-state index in [9.17, 15) is 0 Å². The van der Waals surface area contributed by atoms with Crippen molar-refractivity contribution in [2.45, 2.75) is 6.61 Å². The fraction of sp³-hybridized carbons (Fsp3) is 0.0667. The summed E-state index contributed by atoms with van der Waals surface area (Å²) in [7, 11) is 0. The molecule has 3 rings (SSSR count). The van der Waals surface area contributed by atoms with Crippen molar-refractivity contribution in [1.29, 1.82) is 5.26 Å². The van der Waals surface area contributed by atoms with Crippen molar-refractivity contribution in [1.82, 2.24) is 4.98 Å². The van der Waals surface area contributed by atoms with Gasteiger partial charge in [-0.2, -0.15) is 5.26 Å². The Balaban J connectivity index is 1.81. The fourth-order valence-electron chi connectivity index (χ4n) is 1.81. The Labute approximate surface area is 114 Å². The van der Waals surface area contributed by atoms with Crippen LogP contribution in [0, 0.1) is 11.3 Å². The highest BCUT2D eigenvalue weighted by Gasteiger charge is 2.06. The van der Waals surface area contributed by atoms with Crippen molar-refractivity contribution < 1.29 is 4.74 Å². The first kappa shape index (κ1) is 11.7. The Bertz CT molecular complexity index is 725. The van der Waals surface area contributed by atoms with Crippen LogP contribution in [0.4, 0.5) is 0 Å². The fourth-order valence-corrected chi connectivity index (χ4v) is 2.69. The van der Waals surface area contributed by atoms with E-state index in [1.807, 2.05) is 36.4 Å². The number of hydrogen-bond acceptors (Lipinski definition) is 4. The molecule has 0 saturated heterocycles. The molecule has 0 spiro atoms. The van der Waals surface area contributed by atoms with Gasteiger partial charge in [0.25, 0.3) is 0 Å². The zero-order valence-electron chi connectivity index (χ0n) is 10.0. The Kier molecular flexibility index (Phi) is 3.13. The number of nitrogens with zero attached hydrogens (tertiary/aromatic N) is 2. The van der Waals surface area contributed by atoms with Gasteiger partial charge in [-0.1, -0.05) is 24.3 Å². The van der Waals surface area contributed by atoms with Gasteiger partial charge >= 0.3 is 0 Å². The van der Waals surface area contributed by atoms with Crippen LogP contribution in [0.15, 0.2) is 48.5 Å². The lowest BCUT2D eigenvalue weighted by atomic mass is 10.2. The highest BCUT2D eigenvalue weighted by Crippen LogP contribution is 2.24. The maximum absolute atomic E-state index is 8.99. The maximum atomic E-state index is 8.99. The molecule has 92 valence electrons. The van der Waals surface area contributed by atoms with E-state index in [1.54, 1.807) is 23.5 Å². The molecule has 1 aromatic heterocycles. The van der Waals surface area contributed by atoms with Gasteiger partial charge in [0.15, 0.2) is 0 Å². The van der Waals surface area contributed by atoms with E-state index in [0.29, 0.717) is 17.9 Å². The third-order valence-corrected chi connectivity index (χ3v) is 3.71. The highest BCUT2D eigenvalue weighted by atomic mass is 32.1. The molecule has 0 unspecified atom stereocenters. The number of ether oxygens (including phenoxy) is 1. The van der Waals surface area contributed by atoms with E-state index in [4.69, 9.17) is 10.00 Å². The summed E-state index contributed by atoms with van der Waals surface area (Å²) < 4.78 is 6.82. The van der Waals surface area contributed by atoms with Crippen LogP contribution in [0.25, 0.3) is 10.2 Å². The topological polar surface area (TPSA) is 45.9 Å². The van der Waals surface area contributed by atoms with Crippen LogP contribution in [0.5, 0.6) is 5.75 Å². The van der Waals surface area contributed by atoms with Crippen LogP contribution in [0.2, 0.25) is 0 Å². The predicted molar refractivity (Wildman–Crippen MR) is 75.1 cm³/mol. The highest BCUT2D eigenvalue weighted by molar-refractivity contribution is 7.18. The van der Waals surface area contributed by atoms with Crippen molar-refractivity contribution in [2.75, 3.05) is 0 Å². The predicted octanol–water partition coefficient (Wildman–Crippen LogP) is 3.75. The third-order valence-electron chi connectivity index (χ3n) is 2.70. The van der Waals surface area contributed by atoms with E-state index in [2.05, 4.69) is 11.1 Å². The number of thiazole rings is 1. The number of fused-ring (bicyclic) bond motifs is 1. The van der Waals surface area contributed by atoms with E-state index < -0.39 is 0 Å². The molecule has 0 aliphatic rings. The first-order chi connectivity index (χ1) is 9.36. The maximum Gasteiger partial charge on any atom is 0.140 e. The molecule has 0 aliphatic carbocycles. The smallest absolute Gasteiger partial charge is 0.140 e. The Hall–Kier alpha value is -2.38. The van der Waals surface area contributed by atoms with Gasteiger partial charge in [0.05, 0.1) is 15.8 Å². The number of hydrogen-bond donors (Lipinski definition) is 0. The zero-order valence-corrected chi connectivity index (χ0v) is 10.9. The van der Waals surface area contributed by atoms with Gasteiger partial charge in [0.2, 0.25) is 0 Å². The van der Waals surface area contributed by atoms with Crippen LogP contribution in [0.1, 0.15) is 10.6 Å². The molecule has 0 bridgehead atoms. The summed E-state index contributed by atoms with van der Waals surface area (Å²) in [5.41, 5.74) is 1.53. The first-order valence-electron chi connectivity index (χ1n) is 5.83. The second kappa shape index (κ2) is 5.09. The largest absolute Gasteiger partial charge is 0.485 e. The van der Waals surface area contributed by atoms with Gasteiger partial charge in [-0.25, -0.2) is 4.98 Å². The molecule has 0 atom stereocenters. The molecule has 0 saturated carbocycles. The van der Waals surface area contributed by atoms with Crippen LogP contribution in [-0.2, 0) is 6.61 Å². The normalized spacial score (nSPS) is 10.3. The molecule has 0 N–H and O–H groups in total. The molecular weight excluding hydrogens is 256 g/mol. The van der Waals surface area contributed by atoms with Crippen LogP contribution in [-0.4, -0.2) is 4.98 Å². The molecular formula is C15H10N2OS. The minimum Gasteiger partial charge on any atom is -0.485 e. The van der Waals surface area contributed by atoms with E-state index >= 15 is 0 Å². The summed E-state index contributed by atoms with van der Waals surface area (Å²) in [5.74, 6) is 0.601. The van der Waals surface area contributed by atoms with Gasteiger partial charge in [-0.05, 0) is 24.3 Å². The summed E-state index contributed by atoms with van der Waals surface area (Å²) in [6.45, 7) is 0.387. The number of benzene rings is 2. The number of nitriles is 1. The molecule has 19 heavy (non-hydrogen) atoms. The van der Waals surface area contributed by atoms with Crippen molar-refractivity contribution in [3.8, 4) is 11.8 Å². The molecule has 1 heterocycles. The molecule has 4 heteroatoms. The number of rotatable bonds is 3.